The maximum Gasteiger partial charge on any atom is 0.343 e. The molecule has 0 aliphatic carbocycles. The lowest BCUT2D eigenvalue weighted by molar-refractivity contribution is 0.226. The van der Waals surface area contributed by atoms with E-state index in [1.54, 1.807) is 10.9 Å². The van der Waals surface area contributed by atoms with E-state index in [0.717, 1.165) is 28.0 Å². The first kappa shape index (κ1) is 14.3. The fourth-order valence-electron chi connectivity index (χ4n) is 2.77. The molecule has 0 spiro atoms. The number of hydrazone groups is 1. The number of fused-ring (bicyclic) bond motifs is 1. The van der Waals surface area contributed by atoms with Crippen molar-refractivity contribution in [1.29, 1.82) is 0 Å². The highest BCUT2D eigenvalue weighted by Crippen LogP contribution is 2.25. The first-order valence-corrected chi connectivity index (χ1v) is 7.54. The van der Waals surface area contributed by atoms with E-state index in [9.17, 15) is 0 Å². The summed E-state index contributed by atoms with van der Waals surface area (Å²) in [5.74, 6) is -1.13. The Morgan fingerprint density at radius 2 is 2.04 bits per heavy atom. The summed E-state index contributed by atoms with van der Waals surface area (Å²) < 4.78 is 1.72. The first-order valence-electron chi connectivity index (χ1n) is 7.54. The number of hydrogen-bond donors (Lipinski definition) is 2. The highest BCUT2D eigenvalue weighted by molar-refractivity contribution is 5.81. The van der Waals surface area contributed by atoms with Gasteiger partial charge < -0.3 is 5.32 Å². The van der Waals surface area contributed by atoms with Crippen LogP contribution >= 0.6 is 0 Å². The molecule has 1 aliphatic heterocycles. The average molecular weight is 320 g/mol. The van der Waals surface area contributed by atoms with Crippen LogP contribution in [0.25, 0.3) is 10.9 Å². The Morgan fingerprint density at radius 1 is 1.17 bits per heavy atom. The van der Waals surface area contributed by atoms with Gasteiger partial charge in [-0.15, -0.1) is 10.2 Å². The number of aromatic nitrogens is 3. The maximum absolute atomic E-state index is 4.51. The molecular formula is C16H16N8. The smallest absolute Gasteiger partial charge is 0.321 e. The molecule has 1 aromatic carbocycles. The molecule has 0 fully saturated rings. The summed E-state index contributed by atoms with van der Waals surface area (Å²) in [6.45, 7) is 3.88. The largest absolute Gasteiger partial charge is 0.343 e. The van der Waals surface area contributed by atoms with Crippen molar-refractivity contribution in [2.75, 3.05) is 5.32 Å². The van der Waals surface area contributed by atoms with Crippen LogP contribution in [0.2, 0.25) is 0 Å². The Balaban J connectivity index is 1.78. The van der Waals surface area contributed by atoms with E-state index < -0.39 is 5.91 Å². The molecule has 4 rings (SSSR count). The van der Waals surface area contributed by atoms with E-state index in [0.29, 0.717) is 0 Å². The number of hydrogen-bond acceptors (Lipinski definition) is 7. The van der Waals surface area contributed by atoms with Crippen molar-refractivity contribution < 1.29 is 0 Å². The van der Waals surface area contributed by atoms with E-state index in [-0.39, 0.29) is 0 Å². The third kappa shape index (κ3) is 2.37. The normalized spacial score (nSPS) is 19.4. The lowest BCUT2D eigenvalue weighted by Gasteiger charge is -2.31. The van der Waals surface area contributed by atoms with Crippen molar-refractivity contribution in [1.82, 2.24) is 20.2 Å². The van der Waals surface area contributed by atoms with Gasteiger partial charge in [-0.1, -0.05) is 18.2 Å². The molecule has 1 aliphatic rings. The van der Waals surface area contributed by atoms with Gasteiger partial charge in [0, 0.05) is 11.1 Å². The molecule has 2 aromatic heterocycles. The van der Waals surface area contributed by atoms with Gasteiger partial charge in [0.15, 0.2) is 6.34 Å². The van der Waals surface area contributed by atoms with Crippen LogP contribution in [0.15, 0.2) is 57.9 Å². The number of rotatable bonds is 3. The number of azo groups is 1. The minimum atomic E-state index is -1.13. The number of nitrogens with one attached hydrogen (secondary N) is 2. The second-order valence-electron chi connectivity index (χ2n) is 5.62. The minimum Gasteiger partial charge on any atom is -0.321 e. The fraction of sp³-hybridized carbons (Fsp3) is 0.188. The van der Waals surface area contributed by atoms with Crippen LogP contribution in [-0.2, 0) is 5.91 Å². The Kier molecular flexibility index (Phi) is 3.23. The predicted molar refractivity (Wildman–Crippen MR) is 91.5 cm³/mol. The third-order valence-electron chi connectivity index (χ3n) is 3.76. The molecule has 24 heavy (non-hydrogen) atoms. The van der Waals surface area contributed by atoms with Gasteiger partial charge >= 0.3 is 5.91 Å². The standard InChI is InChI=1S/C16H16N8/c1-11-7-12(2)24(21-11)16(22-18-10-19-23-16)20-14-8-13-5-3-4-6-15(13)17-9-14/h3-10,20,22H,1-2H3. The Labute approximate surface area is 138 Å². The molecular weight excluding hydrogens is 304 g/mol. The monoisotopic (exact) mass is 320 g/mol. The van der Waals surface area contributed by atoms with Gasteiger partial charge in [-0.05, 0) is 32.0 Å². The summed E-state index contributed by atoms with van der Waals surface area (Å²) in [6, 6.07) is 11.9. The lowest BCUT2D eigenvalue weighted by atomic mass is 10.2. The number of benzene rings is 1. The number of para-hydroxylation sites is 1. The molecule has 2 N–H and O–H groups in total. The van der Waals surface area contributed by atoms with E-state index in [2.05, 4.69) is 36.2 Å². The second-order valence-corrected chi connectivity index (χ2v) is 5.62. The summed E-state index contributed by atoms with van der Waals surface area (Å²) in [5.41, 5.74) is 6.50. The van der Waals surface area contributed by atoms with Gasteiger partial charge in [-0.3, -0.25) is 4.98 Å². The van der Waals surface area contributed by atoms with Crippen LogP contribution < -0.4 is 10.7 Å². The molecule has 3 aromatic rings. The van der Waals surface area contributed by atoms with Gasteiger partial charge in [0.25, 0.3) is 0 Å². The van der Waals surface area contributed by atoms with Gasteiger partial charge in [0.05, 0.1) is 23.1 Å². The molecule has 8 heteroatoms. The highest BCUT2D eigenvalue weighted by atomic mass is 15.7. The van der Waals surface area contributed by atoms with Crippen LogP contribution in [0, 0.1) is 13.8 Å². The van der Waals surface area contributed by atoms with Crippen molar-refractivity contribution in [3.63, 3.8) is 0 Å². The van der Waals surface area contributed by atoms with Crippen molar-refractivity contribution in [3.05, 3.63) is 54.0 Å². The summed E-state index contributed by atoms with van der Waals surface area (Å²) in [5, 5.41) is 21.1. The number of nitrogens with zero attached hydrogens (tertiary/aromatic N) is 6. The van der Waals surface area contributed by atoms with Crippen molar-refractivity contribution in [2.45, 2.75) is 19.8 Å². The zero-order chi connectivity index (χ0) is 16.6. The molecule has 1 atom stereocenters. The second kappa shape index (κ2) is 5.41. The van der Waals surface area contributed by atoms with Crippen LogP contribution in [0.1, 0.15) is 11.4 Å². The lowest BCUT2D eigenvalue weighted by Crippen LogP contribution is -2.52. The Bertz CT molecular complexity index is 958. The van der Waals surface area contributed by atoms with Gasteiger partial charge in [-0.2, -0.15) is 10.2 Å². The maximum atomic E-state index is 4.51. The topological polar surface area (TPSA) is 91.9 Å². The molecule has 0 bridgehead atoms. The molecule has 120 valence electrons. The van der Waals surface area contributed by atoms with E-state index in [1.165, 1.54) is 6.34 Å². The van der Waals surface area contributed by atoms with Crippen LogP contribution in [0.3, 0.4) is 0 Å². The summed E-state index contributed by atoms with van der Waals surface area (Å²) in [4.78, 5) is 4.47. The van der Waals surface area contributed by atoms with Crippen molar-refractivity contribution >= 4 is 22.9 Å². The van der Waals surface area contributed by atoms with Gasteiger partial charge in [0.1, 0.15) is 0 Å². The highest BCUT2D eigenvalue weighted by Gasteiger charge is 2.36. The Morgan fingerprint density at radius 3 is 2.79 bits per heavy atom. The van der Waals surface area contributed by atoms with Crippen LogP contribution in [-0.4, -0.2) is 21.1 Å². The van der Waals surface area contributed by atoms with E-state index in [1.807, 2.05) is 50.2 Å². The average Bonchev–Trinajstić information content (AvgIpc) is 2.95. The minimum absolute atomic E-state index is 0.782. The molecule has 0 amide bonds. The van der Waals surface area contributed by atoms with Crippen LogP contribution in [0.5, 0.6) is 0 Å². The first-order chi connectivity index (χ1) is 11.7. The SMILES string of the molecule is Cc1cc(C)n(C2(Nc3cnc4ccccc4c3)N=NC=NN2)n1. The van der Waals surface area contributed by atoms with Gasteiger partial charge in [-0.25, -0.2) is 10.1 Å². The summed E-state index contributed by atoms with van der Waals surface area (Å²) >= 11 is 0. The quantitative estimate of drug-likeness (QED) is 0.776. The molecule has 1 unspecified atom stereocenters. The summed E-state index contributed by atoms with van der Waals surface area (Å²) in [7, 11) is 0. The number of anilines is 1. The number of pyridine rings is 1. The van der Waals surface area contributed by atoms with Gasteiger partial charge in [0.2, 0.25) is 0 Å². The molecule has 0 saturated carbocycles. The molecule has 0 saturated heterocycles. The predicted octanol–water partition coefficient (Wildman–Crippen LogP) is 2.73. The van der Waals surface area contributed by atoms with E-state index >= 15 is 0 Å². The third-order valence-corrected chi connectivity index (χ3v) is 3.76. The molecule has 0 radical (unpaired) electrons. The Hall–Kier alpha value is -3.29. The summed E-state index contributed by atoms with van der Waals surface area (Å²) in [6.07, 6.45) is 3.11. The van der Waals surface area contributed by atoms with Crippen molar-refractivity contribution in [3.8, 4) is 0 Å². The molecule has 8 nitrogen and oxygen atoms in total. The fourth-order valence-corrected chi connectivity index (χ4v) is 2.77. The molecule has 3 heterocycles. The zero-order valence-corrected chi connectivity index (χ0v) is 13.3. The van der Waals surface area contributed by atoms with Crippen LogP contribution in [0.4, 0.5) is 5.69 Å². The number of aryl methyl sites for hydroxylation is 2. The van der Waals surface area contributed by atoms with E-state index in [4.69, 9.17) is 0 Å². The van der Waals surface area contributed by atoms with Crippen molar-refractivity contribution in [2.24, 2.45) is 15.3 Å². The zero-order valence-electron chi connectivity index (χ0n) is 13.3.